The average Bonchev–Trinajstić information content (AvgIpc) is 3.41. The summed E-state index contributed by atoms with van der Waals surface area (Å²) in [7, 11) is 0. The summed E-state index contributed by atoms with van der Waals surface area (Å²) < 4.78 is 0. The molecule has 38 heavy (non-hydrogen) atoms. The van der Waals surface area contributed by atoms with Crippen molar-refractivity contribution in [2.75, 3.05) is 41.3 Å². The highest BCUT2D eigenvalue weighted by molar-refractivity contribution is 6.43. The Kier molecular flexibility index (Phi) is 6.19. The lowest BCUT2D eigenvalue weighted by Crippen LogP contribution is -2.51. The van der Waals surface area contributed by atoms with Gasteiger partial charge in [-0.3, -0.25) is 14.7 Å². The Morgan fingerprint density at radius 2 is 1.92 bits per heavy atom. The van der Waals surface area contributed by atoms with Crippen LogP contribution in [0.2, 0.25) is 10.0 Å². The number of aryl methyl sites for hydroxylation is 1. The van der Waals surface area contributed by atoms with Crippen LogP contribution >= 0.6 is 23.2 Å². The van der Waals surface area contributed by atoms with E-state index in [4.69, 9.17) is 28.2 Å². The van der Waals surface area contributed by atoms with Crippen LogP contribution in [0.1, 0.15) is 34.3 Å². The van der Waals surface area contributed by atoms with Crippen molar-refractivity contribution in [3.63, 3.8) is 0 Å². The zero-order valence-corrected chi connectivity index (χ0v) is 22.1. The van der Waals surface area contributed by atoms with Gasteiger partial charge >= 0.3 is 0 Å². The second-order valence-electron chi connectivity index (χ2n) is 9.57. The summed E-state index contributed by atoms with van der Waals surface area (Å²) in [5.74, 6) is 0.930. The van der Waals surface area contributed by atoms with E-state index in [0.29, 0.717) is 52.1 Å². The lowest BCUT2D eigenvalue weighted by Gasteiger charge is -2.35. The number of hydrogen-bond donors (Lipinski definition) is 2. The Bertz CT molecular complexity index is 1510. The first-order chi connectivity index (χ1) is 18.4. The van der Waals surface area contributed by atoms with Gasteiger partial charge in [0.15, 0.2) is 5.82 Å². The summed E-state index contributed by atoms with van der Waals surface area (Å²) in [6.07, 6.45) is 3.09. The molecule has 192 valence electrons. The SMILES string of the molecule is Cc1cc(Nc2ncc3c(n2)N2CCN=C2N(c2c(Cl)cccc2Cl)C3=O)ccc1C1(C#N)CCNCC1. The first-order valence-corrected chi connectivity index (χ1v) is 13.1. The van der Waals surface area contributed by atoms with Crippen molar-refractivity contribution in [2.45, 2.75) is 25.2 Å². The number of guanidine groups is 1. The van der Waals surface area contributed by atoms with Gasteiger partial charge in [0.05, 0.1) is 33.8 Å². The minimum atomic E-state index is -0.474. The number of nitrogens with zero attached hydrogens (tertiary/aromatic N) is 6. The number of hydrogen-bond acceptors (Lipinski definition) is 8. The van der Waals surface area contributed by atoms with Gasteiger partial charge in [0.1, 0.15) is 5.56 Å². The molecule has 4 heterocycles. The van der Waals surface area contributed by atoms with E-state index in [2.05, 4.69) is 26.7 Å². The topological polar surface area (TPSA) is 110 Å². The van der Waals surface area contributed by atoms with E-state index in [9.17, 15) is 10.1 Å². The first kappa shape index (κ1) is 24.6. The Morgan fingerprint density at radius 1 is 1.16 bits per heavy atom. The van der Waals surface area contributed by atoms with Crippen molar-refractivity contribution in [3.05, 3.63) is 69.3 Å². The lowest BCUT2D eigenvalue weighted by atomic mass is 9.73. The number of para-hydroxylation sites is 1. The molecule has 2 aromatic carbocycles. The molecule has 0 unspecified atom stereocenters. The van der Waals surface area contributed by atoms with Gasteiger partial charge < -0.3 is 10.6 Å². The van der Waals surface area contributed by atoms with Crippen LogP contribution in [0.3, 0.4) is 0 Å². The third-order valence-electron chi connectivity index (χ3n) is 7.31. The Morgan fingerprint density at radius 3 is 2.63 bits per heavy atom. The second kappa shape index (κ2) is 9.55. The predicted octanol–water partition coefficient (Wildman–Crippen LogP) is 4.82. The molecule has 9 nitrogen and oxygen atoms in total. The van der Waals surface area contributed by atoms with Crippen molar-refractivity contribution in [3.8, 4) is 6.07 Å². The van der Waals surface area contributed by atoms with Crippen LogP contribution < -0.4 is 20.4 Å². The van der Waals surface area contributed by atoms with Crippen molar-refractivity contribution in [1.82, 2.24) is 15.3 Å². The molecule has 0 atom stereocenters. The number of nitriles is 1. The van der Waals surface area contributed by atoms with Crippen LogP contribution in [0, 0.1) is 18.3 Å². The van der Waals surface area contributed by atoms with E-state index in [1.807, 2.05) is 30.0 Å². The molecule has 6 rings (SSSR count). The van der Waals surface area contributed by atoms with Crippen molar-refractivity contribution < 1.29 is 4.79 Å². The molecule has 3 aliphatic rings. The molecule has 0 radical (unpaired) electrons. The fourth-order valence-corrected chi connectivity index (χ4v) is 6.00. The monoisotopic (exact) mass is 546 g/mol. The van der Waals surface area contributed by atoms with Crippen LogP contribution in [0.4, 0.5) is 23.1 Å². The van der Waals surface area contributed by atoms with Crippen LogP contribution in [0.25, 0.3) is 0 Å². The summed E-state index contributed by atoms with van der Waals surface area (Å²) in [6.45, 7) is 4.75. The summed E-state index contributed by atoms with van der Waals surface area (Å²) in [4.78, 5) is 30.6. The zero-order valence-electron chi connectivity index (χ0n) is 20.6. The Hall–Kier alpha value is -3.71. The third kappa shape index (κ3) is 3.97. The van der Waals surface area contributed by atoms with E-state index < -0.39 is 5.41 Å². The van der Waals surface area contributed by atoms with Gasteiger partial charge in [-0.05, 0) is 68.2 Å². The molecular weight excluding hydrogens is 523 g/mol. The van der Waals surface area contributed by atoms with E-state index in [-0.39, 0.29) is 5.91 Å². The number of carbonyl (C=O) groups excluding carboxylic acids is 1. The number of rotatable bonds is 4. The number of aromatic nitrogens is 2. The standard InChI is InChI=1S/C27H24Cl2N8O/c1-16-13-17(5-6-19(16)27(15-30)7-9-31-10-8-27)34-25-33-14-18-23(35-25)36-12-11-32-26(36)37(24(18)38)22-20(28)3-2-4-21(22)29/h2-6,13-14,31H,7-12H2,1H3,(H,33,34,35). The van der Waals surface area contributed by atoms with Gasteiger partial charge in [-0.2, -0.15) is 10.2 Å². The normalized spacial score (nSPS) is 17.9. The molecule has 0 saturated carbocycles. The van der Waals surface area contributed by atoms with Crippen molar-refractivity contribution >= 4 is 58.2 Å². The smallest absolute Gasteiger partial charge is 0.270 e. The van der Waals surface area contributed by atoms with Gasteiger partial charge in [0.25, 0.3) is 5.91 Å². The van der Waals surface area contributed by atoms with Gasteiger partial charge in [-0.1, -0.05) is 35.3 Å². The minimum absolute atomic E-state index is 0.334. The minimum Gasteiger partial charge on any atom is -0.324 e. The number of carbonyl (C=O) groups is 1. The molecular formula is C27H24Cl2N8O. The number of halogens is 2. The van der Waals surface area contributed by atoms with Crippen LogP contribution in [0.15, 0.2) is 47.6 Å². The highest BCUT2D eigenvalue weighted by Gasteiger charge is 2.41. The summed E-state index contributed by atoms with van der Waals surface area (Å²) >= 11 is 12.9. The number of aliphatic imine (C=N–C) groups is 1. The highest BCUT2D eigenvalue weighted by atomic mass is 35.5. The first-order valence-electron chi connectivity index (χ1n) is 12.4. The summed E-state index contributed by atoms with van der Waals surface area (Å²) in [5.41, 5.74) is 3.14. The largest absolute Gasteiger partial charge is 0.324 e. The molecule has 3 aromatic rings. The van der Waals surface area contributed by atoms with Crippen molar-refractivity contribution in [2.24, 2.45) is 4.99 Å². The number of amides is 1. The molecule has 11 heteroatoms. The van der Waals surface area contributed by atoms with Crippen molar-refractivity contribution in [1.29, 1.82) is 5.26 Å². The van der Waals surface area contributed by atoms with E-state index in [1.54, 1.807) is 18.2 Å². The molecule has 3 aliphatic heterocycles. The van der Waals surface area contributed by atoms with Crippen LogP contribution in [0.5, 0.6) is 0 Å². The molecule has 0 spiro atoms. The molecule has 0 aliphatic carbocycles. The zero-order chi connectivity index (χ0) is 26.4. The number of nitrogens with one attached hydrogen (secondary N) is 2. The van der Waals surface area contributed by atoms with Gasteiger partial charge in [0.2, 0.25) is 11.9 Å². The molecule has 1 amide bonds. The van der Waals surface area contributed by atoms with Gasteiger partial charge in [0, 0.05) is 18.4 Å². The van der Waals surface area contributed by atoms with Crippen LogP contribution in [-0.4, -0.2) is 48.0 Å². The maximum atomic E-state index is 13.6. The average molecular weight is 547 g/mol. The number of benzene rings is 2. The van der Waals surface area contributed by atoms with E-state index >= 15 is 0 Å². The summed E-state index contributed by atoms with van der Waals surface area (Å²) in [5, 5.41) is 17.3. The number of anilines is 4. The number of piperidine rings is 1. The molecule has 1 fully saturated rings. The van der Waals surface area contributed by atoms with E-state index in [0.717, 1.165) is 42.7 Å². The highest BCUT2D eigenvalue weighted by Crippen LogP contribution is 2.40. The predicted molar refractivity (Wildman–Crippen MR) is 149 cm³/mol. The fourth-order valence-electron chi connectivity index (χ4n) is 5.43. The number of fused-ring (bicyclic) bond motifs is 3. The molecule has 0 bridgehead atoms. The molecule has 1 aromatic heterocycles. The molecule has 2 N–H and O–H groups in total. The Balaban J connectivity index is 1.32. The fraction of sp³-hybridized carbons (Fsp3) is 0.296. The lowest BCUT2D eigenvalue weighted by molar-refractivity contribution is 0.1000. The maximum Gasteiger partial charge on any atom is 0.270 e. The van der Waals surface area contributed by atoms with Crippen LogP contribution in [-0.2, 0) is 5.41 Å². The van der Waals surface area contributed by atoms with E-state index in [1.165, 1.54) is 11.1 Å². The maximum absolute atomic E-state index is 13.6. The quantitative estimate of drug-likeness (QED) is 0.482. The molecule has 1 saturated heterocycles. The second-order valence-corrected chi connectivity index (χ2v) is 10.4. The summed E-state index contributed by atoms with van der Waals surface area (Å²) in [6, 6.07) is 13.6. The third-order valence-corrected chi connectivity index (χ3v) is 7.92. The Labute approximate surface area is 230 Å². The van der Waals surface area contributed by atoms with Gasteiger partial charge in [-0.15, -0.1) is 0 Å². The van der Waals surface area contributed by atoms with Gasteiger partial charge in [-0.25, -0.2) is 9.88 Å².